The molecule has 0 saturated heterocycles. The predicted molar refractivity (Wildman–Crippen MR) is 85.5 cm³/mol. The Kier molecular flexibility index (Phi) is 2.90. The van der Waals surface area contributed by atoms with Gasteiger partial charge in [0.25, 0.3) is 5.78 Å². The van der Waals surface area contributed by atoms with E-state index in [9.17, 15) is 0 Å². The smallest absolute Gasteiger partial charge is 0.258 e. The van der Waals surface area contributed by atoms with Gasteiger partial charge in [0.15, 0.2) is 11.0 Å². The topological polar surface area (TPSA) is 94.9 Å². The molecule has 0 aliphatic heterocycles. The Morgan fingerprint density at radius 1 is 1.14 bits per heavy atom. The Morgan fingerprint density at radius 2 is 2.05 bits per heavy atom. The minimum absolute atomic E-state index is 0.274. The zero-order chi connectivity index (χ0) is 15.1. The molecular weight excluding hydrogens is 298 g/mol. The molecule has 0 spiro atoms. The van der Waals surface area contributed by atoms with Gasteiger partial charge in [0.05, 0.1) is 5.52 Å². The second-order valence-corrected chi connectivity index (χ2v) is 5.40. The van der Waals surface area contributed by atoms with Gasteiger partial charge in [-0.3, -0.25) is 4.98 Å². The molecule has 22 heavy (non-hydrogen) atoms. The van der Waals surface area contributed by atoms with Gasteiger partial charge in [-0.05, 0) is 30.5 Å². The molecular formula is C14H11N7S. The van der Waals surface area contributed by atoms with E-state index in [0.29, 0.717) is 16.8 Å². The summed E-state index contributed by atoms with van der Waals surface area (Å²) in [6.07, 6.45) is 3.66. The van der Waals surface area contributed by atoms with Crippen LogP contribution in [0.2, 0.25) is 0 Å². The minimum atomic E-state index is 0.274. The van der Waals surface area contributed by atoms with E-state index in [2.05, 4.69) is 25.0 Å². The zero-order valence-corrected chi connectivity index (χ0v) is 12.4. The van der Waals surface area contributed by atoms with Gasteiger partial charge in [-0.25, -0.2) is 0 Å². The number of aromatic nitrogens is 6. The van der Waals surface area contributed by atoms with Crippen molar-refractivity contribution in [1.29, 1.82) is 0 Å². The Labute approximate surface area is 129 Å². The summed E-state index contributed by atoms with van der Waals surface area (Å²) in [6.45, 7) is 0. The maximum atomic E-state index is 5.90. The molecule has 7 nitrogen and oxygen atoms in total. The first kappa shape index (κ1) is 13.0. The fourth-order valence-electron chi connectivity index (χ4n) is 2.21. The van der Waals surface area contributed by atoms with Gasteiger partial charge in [0, 0.05) is 17.1 Å². The Hall–Kier alpha value is -2.74. The number of thioether (sulfide) groups is 1. The van der Waals surface area contributed by atoms with Crippen molar-refractivity contribution in [2.75, 3.05) is 12.0 Å². The van der Waals surface area contributed by atoms with Gasteiger partial charge in [-0.15, -0.1) is 5.10 Å². The molecule has 3 aromatic heterocycles. The summed E-state index contributed by atoms with van der Waals surface area (Å²) in [4.78, 5) is 17.2. The number of fused-ring (bicyclic) bond motifs is 2. The molecule has 0 saturated carbocycles. The lowest BCUT2D eigenvalue weighted by molar-refractivity contribution is 0.851. The maximum Gasteiger partial charge on any atom is 0.258 e. The highest BCUT2D eigenvalue weighted by atomic mass is 32.2. The van der Waals surface area contributed by atoms with Crippen molar-refractivity contribution in [3.05, 3.63) is 36.5 Å². The summed E-state index contributed by atoms with van der Waals surface area (Å²) in [5.74, 6) is 1.28. The van der Waals surface area contributed by atoms with Crippen LogP contribution in [0.3, 0.4) is 0 Å². The van der Waals surface area contributed by atoms with Crippen molar-refractivity contribution < 1.29 is 0 Å². The van der Waals surface area contributed by atoms with Crippen molar-refractivity contribution in [1.82, 2.24) is 29.5 Å². The molecule has 0 amide bonds. The number of nitrogens with two attached hydrogens (primary N) is 1. The van der Waals surface area contributed by atoms with Crippen LogP contribution in [0.25, 0.3) is 28.1 Å². The van der Waals surface area contributed by atoms with Gasteiger partial charge in [0.2, 0.25) is 5.95 Å². The minimum Gasteiger partial charge on any atom is -0.368 e. The van der Waals surface area contributed by atoms with Crippen LogP contribution in [0.4, 0.5) is 5.95 Å². The van der Waals surface area contributed by atoms with Gasteiger partial charge >= 0.3 is 0 Å². The summed E-state index contributed by atoms with van der Waals surface area (Å²) < 4.78 is 1.45. The van der Waals surface area contributed by atoms with Crippen molar-refractivity contribution in [2.45, 2.75) is 5.16 Å². The average Bonchev–Trinajstić information content (AvgIpc) is 2.99. The maximum absolute atomic E-state index is 5.90. The molecule has 0 bridgehead atoms. The Balaban J connectivity index is 1.90. The van der Waals surface area contributed by atoms with E-state index in [-0.39, 0.29) is 5.95 Å². The van der Waals surface area contributed by atoms with Crippen LogP contribution in [0.15, 0.2) is 41.7 Å². The molecule has 8 heteroatoms. The van der Waals surface area contributed by atoms with E-state index in [1.54, 1.807) is 6.20 Å². The molecule has 4 aromatic rings. The van der Waals surface area contributed by atoms with Gasteiger partial charge in [0.1, 0.15) is 0 Å². The van der Waals surface area contributed by atoms with E-state index in [1.807, 2.05) is 36.6 Å². The Bertz CT molecular complexity index is 995. The molecule has 4 rings (SSSR count). The number of hydrogen-bond acceptors (Lipinski definition) is 7. The van der Waals surface area contributed by atoms with E-state index in [0.717, 1.165) is 16.5 Å². The molecule has 1 aromatic carbocycles. The highest BCUT2D eigenvalue weighted by Gasteiger charge is 2.12. The number of benzene rings is 1. The largest absolute Gasteiger partial charge is 0.368 e. The van der Waals surface area contributed by atoms with Crippen molar-refractivity contribution in [3.8, 4) is 11.4 Å². The zero-order valence-electron chi connectivity index (χ0n) is 11.6. The number of rotatable bonds is 2. The first-order valence-corrected chi connectivity index (χ1v) is 7.76. The lowest BCUT2D eigenvalue weighted by Gasteiger charge is -1.99. The van der Waals surface area contributed by atoms with Crippen LogP contribution in [0.5, 0.6) is 0 Å². The average molecular weight is 309 g/mol. The second-order valence-electron chi connectivity index (χ2n) is 4.63. The number of hydrogen-bond donors (Lipinski definition) is 1. The van der Waals surface area contributed by atoms with Crippen LogP contribution in [-0.2, 0) is 0 Å². The normalized spacial score (nSPS) is 11.3. The molecule has 0 aliphatic rings. The van der Waals surface area contributed by atoms with Crippen LogP contribution in [-0.4, -0.2) is 35.8 Å². The standard InChI is InChI=1S/C14H11N7S/c1-22-14-18-12(15)21-13(19-14)17-11(20-21)9-4-5-10-8(7-9)3-2-6-16-10/h2-7H,1H3,(H2,15,17,18,19,20). The third-order valence-corrected chi connectivity index (χ3v) is 3.80. The number of anilines is 1. The quantitative estimate of drug-likeness (QED) is 0.566. The summed E-state index contributed by atoms with van der Waals surface area (Å²) >= 11 is 1.41. The first-order valence-electron chi connectivity index (χ1n) is 6.54. The summed E-state index contributed by atoms with van der Waals surface area (Å²) in [5.41, 5.74) is 7.72. The third kappa shape index (κ3) is 2.04. The highest BCUT2D eigenvalue weighted by molar-refractivity contribution is 7.98. The fraction of sp³-hybridized carbons (Fsp3) is 0.0714. The summed E-state index contributed by atoms with van der Waals surface area (Å²) in [6, 6.07) is 9.77. The predicted octanol–water partition coefficient (Wildman–Crippen LogP) is 2.04. The van der Waals surface area contributed by atoms with Crippen molar-refractivity contribution in [2.24, 2.45) is 0 Å². The van der Waals surface area contributed by atoms with Crippen molar-refractivity contribution in [3.63, 3.8) is 0 Å². The second kappa shape index (κ2) is 4.92. The highest BCUT2D eigenvalue weighted by Crippen LogP contribution is 2.22. The molecule has 0 radical (unpaired) electrons. The molecule has 0 fully saturated rings. The van der Waals surface area contributed by atoms with Crippen LogP contribution >= 0.6 is 11.8 Å². The molecule has 2 N–H and O–H groups in total. The van der Waals surface area contributed by atoms with E-state index >= 15 is 0 Å². The lowest BCUT2D eigenvalue weighted by Crippen LogP contribution is -2.04. The van der Waals surface area contributed by atoms with E-state index in [1.165, 1.54) is 16.3 Å². The number of nitrogen functional groups attached to an aromatic ring is 1. The van der Waals surface area contributed by atoms with Gasteiger partial charge in [-0.1, -0.05) is 17.8 Å². The monoisotopic (exact) mass is 309 g/mol. The molecule has 0 aliphatic carbocycles. The number of nitrogens with zero attached hydrogens (tertiary/aromatic N) is 6. The van der Waals surface area contributed by atoms with Gasteiger partial charge < -0.3 is 5.73 Å². The molecule has 0 unspecified atom stereocenters. The number of pyridine rings is 1. The van der Waals surface area contributed by atoms with Crippen molar-refractivity contribution >= 4 is 34.4 Å². The van der Waals surface area contributed by atoms with Gasteiger partial charge in [-0.2, -0.15) is 19.5 Å². The van der Waals surface area contributed by atoms with Crippen LogP contribution in [0, 0.1) is 0 Å². The van der Waals surface area contributed by atoms with E-state index in [4.69, 9.17) is 5.73 Å². The summed E-state index contributed by atoms with van der Waals surface area (Å²) in [7, 11) is 0. The van der Waals surface area contributed by atoms with E-state index < -0.39 is 0 Å². The fourth-order valence-corrected chi connectivity index (χ4v) is 2.57. The van der Waals surface area contributed by atoms with Crippen LogP contribution in [0.1, 0.15) is 0 Å². The molecule has 108 valence electrons. The Morgan fingerprint density at radius 3 is 2.91 bits per heavy atom. The van der Waals surface area contributed by atoms with Crippen LogP contribution < -0.4 is 5.73 Å². The summed E-state index contributed by atoms with van der Waals surface area (Å²) in [5, 5.41) is 6.00. The molecule has 3 heterocycles. The third-order valence-electron chi connectivity index (χ3n) is 3.26. The SMILES string of the molecule is CSc1nc(N)n2nc(-c3ccc4ncccc4c3)nc2n1. The lowest BCUT2D eigenvalue weighted by atomic mass is 10.1. The first-order chi connectivity index (χ1) is 10.7. The molecule has 0 atom stereocenters.